The fraction of sp³-hybridized carbons (Fsp3) is 0.217. The molecule has 4 aromatic heterocycles. The minimum Gasteiger partial charge on any atom is -0.423 e. The maximum atomic E-state index is 10.0. The number of benzene rings is 1. The van der Waals surface area contributed by atoms with Crippen LogP contribution in [0.5, 0.6) is 0 Å². The van der Waals surface area contributed by atoms with Crippen LogP contribution in [0, 0.1) is 0 Å². The molecule has 3 N–H and O–H groups in total. The van der Waals surface area contributed by atoms with Crippen LogP contribution in [0.4, 0.5) is 17.6 Å². The summed E-state index contributed by atoms with van der Waals surface area (Å²) in [5.74, 6) is 1.59. The lowest BCUT2D eigenvalue weighted by Crippen LogP contribution is -2.17. The molecule has 0 aliphatic heterocycles. The molecule has 1 aromatic carbocycles. The molecular formula is C23H23N9O2. The van der Waals surface area contributed by atoms with E-state index < -0.39 is 6.04 Å². The summed E-state index contributed by atoms with van der Waals surface area (Å²) in [5, 5.41) is 29.6. The van der Waals surface area contributed by atoms with Crippen LogP contribution < -0.4 is 10.6 Å². The first-order chi connectivity index (χ1) is 16.6. The summed E-state index contributed by atoms with van der Waals surface area (Å²) in [5.41, 5.74) is 2.38. The van der Waals surface area contributed by atoms with Gasteiger partial charge in [0.25, 0.3) is 5.89 Å². The molecule has 5 aromatic rings. The molecule has 0 fully saturated rings. The van der Waals surface area contributed by atoms with Crippen molar-refractivity contribution in [2.45, 2.75) is 25.9 Å². The number of nitrogens with one attached hydrogen (secondary N) is 2. The van der Waals surface area contributed by atoms with Crippen molar-refractivity contribution in [3.63, 3.8) is 0 Å². The van der Waals surface area contributed by atoms with E-state index in [0.717, 1.165) is 16.5 Å². The number of aliphatic hydroxyl groups excluding tert-OH is 1. The van der Waals surface area contributed by atoms with Gasteiger partial charge in [0.2, 0.25) is 12.3 Å². The molecule has 0 spiro atoms. The SMILES string of the molecule is CC(C)n1ncc2cnc(Nc3ncc(-c4nnco4)c(N[C@H](CO)c4ccccc4)n3)cc21. The van der Waals surface area contributed by atoms with Crippen LogP contribution in [0.15, 0.2) is 65.8 Å². The summed E-state index contributed by atoms with van der Waals surface area (Å²) in [6, 6.07) is 11.3. The lowest BCUT2D eigenvalue weighted by atomic mass is 10.1. The van der Waals surface area contributed by atoms with E-state index in [-0.39, 0.29) is 18.5 Å². The summed E-state index contributed by atoms with van der Waals surface area (Å²) in [4.78, 5) is 13.5. The van der Waals surface area contributed by atoms with Gasteiger partial charge in [0, 0.05) is 29.9 Å². The average molecular weight is 457 g/mol. The van der Waals surface area contributed by atoms with E-state index in [1.54, 1.807) is 18.6 Å². The average Bonchev–Trinajstić information content (AvgIpc) is 3.53. The van der Waals surface area contributed by atoms with Gasteiger partial charge >= 0.3 is 0 Å². The Balaban J connectivity index is 1.49. The normalized spacial score (nSPS) is 12.2. The standard InChI is InChI=1S/C23H23N9O2/c1-14(2)32-19-8-20(24-9-16(19)10-27-32)29-23-25-11-17(22-31-26-13-34-22)21(30-23)28-18(12-33)15-6-4-3-5-7-15/h3-11,13-14,18,33H,12H2,1-2H3,(H2,24,25,28,29,30)/t18-/m1/s1. The lowest BCUT2D eigenvalue weighted by Gasteiger charge is -2.19. The Morgan fingerprint density at radius 1 is 1.09 bits per heavy atom. The van der Waals surface area contributed by atoms with Gasteiger partial charge in [-0.1, -0.05) is 30.3 Å². The quantitative estimate of drug-likeness (QED) is 0.316. The molecule has 0 aliphatic rings. The van der Waals surface area contributed by atoms with Gasteiger partial charge < -0.3 is 20.2 Å². The van der Waals surface area contributed by atoms with Gasteiger partial charge in [-0.2, -0.15) is 10.1 Å². The molecule has 11 heteroatoms. The topological polar surface area (TPSA) is 140 Å². The number of fused-ring (bicyclic) bond motifs is 1. The van der Waals surface area contributed by atoms with Crippen molar-refractivity contribution in [2.24, 2.45) is 0 Å². The van der Waals surface area contributed by atoms with Crippen molar-refractivity contribution in [2.75, 3.05) is 17.2 Å². The summed E-state index contributed by atoms with van der Waals surface area (Å²) < 4.78 is 7.30. The van der Waals surface area contributed by atoms with Crippen molar-refractivity contribution < 1.29 is 9.52 Å². The van der Waals surface area contributed by atoms with Crippen LogP contribution in [-0.2, 0) is 0 Å². The summed E-state index contributed by atoms with van der Waals surface area (Å²) in [6.45, 7) is 4.00. The maximum absolute atomic E-state index is 10.0. The number of rotatable bonds is 8. The molecule has 0 bridgehead atoms. The van der Waals surface area contributed by atoms with E-state index in [2.05, 4.69) is 54.7 Å². The minimum absolute atomic E-state index is 0.141. The van der Waals surface area contributed by atoms with Crippen molar-refractivity contribution in [3.05, 3.63) is 66.9 Å². The first kappa shape index (κ1) is 21.5. The van der Waals surface area contributed by atoms with E-state index in [4.69, 9.17) is 4.42 Å². The zero-order chi connectivity index (χ0) is 23.5. The second-order valence-electron chi connectivity index (χ2n) is 7.93. The van der Waals surface area contributed by atoms with Gasteiger partial charge in [0.1, 0.15) is 11.6 Å². The summed E-state index contributed by atoms with van der Waals surface area (Å²) in [7, 11) is 0. The Labute approximate surface area is 194 Å². The fourth-order valence-electron chi connectivity index (χ4n) is 3.62. The molecule has 0 saturated carbocycles. The number of aliphatic hydroxyl groups is 1. The Morgan fingerprint density at radius 3 is 2.68 bits per heavy atom. The second kappa shape index (κ2) is 9.24. The molecule has 1 atom stereocenters. The molecule has 0 saturated heterocycles. The predicted octanol–water partition coefficient (Wildman–Crippen LogP) is 3.74. The number of pyridine rings is 1. The second-order valence-corrected chi connectivity index (χ2v) is 7.93. The van der Waals surface area contributed by atoms with Crippen LogP contribution in [0.25, 0.3) is 22.4 Å². The van der Waals surface area contributed by atoms with E-state index >= 15 is 0 Å². The predicted molar refractivity (Wildman–Crippen MR) is 126 cm³/mol. The third-order valence-corrected chi connectivity index (χ3v) is 5.28. The van der Waals surface area contributed by atoms with Gasteiger partial charge in [0.05, 0.1) is 29.9 Å². The Kier molecular flexibility index (Phi) is 5.83. The number of hydrogen-bond donors (Lipinski definition) is 3. The largest absolute Gasteiger partial charge is 0.423 e. The Hall–Kier alpha value is -4.38. The fourth-order valence-corrected chi connectivity index (χ4v) is 3.62. The third kappa shape index (κ3) is 4.28. The number of anilines is 3. The van der Waals surface area contributed by atoms with Crippen molar-refractivity contribution in [1.29, 1.82) is 0 Å². The van der Waals surface area contributed by atoms with Crippen LogP contribution in [0.1, 0.15) is 31.5 Å². The highest BCUT2D eigenvalue weighted by Gasteiger charge is 2.19. The summed E-state index contributed by atoms with van der Waals surface area (Å²) >= 11 is 0. The van der Waals surface area contributed by atoms with Gasteiger partial charge in [-0.05, 0) is 19.4 Å². The maximum Gasteiger partial charge on any atom is 0.252 e. The van der Waals surface area contributed by atoms with Crippen LogP contribution >= 0.6 is 0 Å². The number of hydrogen-bond acceptors (Lipinski definition) is 10. The smallest absolute Gasteiger partial charge is 0.252 e. The zero-order valence-electron chi connectivity index (χ0n) is 18.6. The van der Waals surface area contributed by atoms with Crippen LogP contribution in [0.2, 0.25) is 0 Å². The summed E-state index contributed by atoms with van der Waals surface area (Å²) in [6.07, 6.45) is 6.37. The van der Waals surface area contributed by atoms with Crippen LogP contribution in [-0.4, -0.2) is 46.6 Å². The Bertz CT molecular complexity index is 1380. The molecule has 0 aliphatic carbocycles. The first-order valence-corrected chi connectivity index (χ1v) is 10.8. The number of nitrogens with zero attached hydrogens (tertiary/aromatic N) is 7. The van der Waals surface area contributed by atoms with Gasteiger partial charge in [-0.25, -0.2) is 9.97 Å². The van der Waals surface area contributed by atoms with Gasteiger partial charge in [-0.15, -0.1) is 10.2 Å². The molecular weight excluding hydrogens is 434 g/mol. The van der Waals surface area contributed by atoms with E-state index in [0.29, 0.717) is 23.1 Å². The molecule has 34 heavy (non-hydrogen) atoms. The monoisotopic (exact) mass is 457 g/mol. The molecule has 172 valence electrons. The number of aromatic nitrogens is 7. The van der Waals surface area contributed by atoms with E-state index in [1.807, 2.05) is 41.1 Å². The van der Waals surface area contributed by atoms with Crippen molar-refractivity contribution >= 4 is 28.5 Å². The van der Waals surface area contributed by atoms with Crippen molar-refractivity contribution in [3.8, 4) is 11.5 Å². The molecule has 11 nitrogen and oxygen atoms in total. The highest BCUT2D eigenvalue weighted by Crippen LogP contribution is 2.29. The molecule has 0 unspecified atom stereocenters. The zero-order valence-corrected chi connectivity index (χ0v) is 18.6. The highest BCUT2D eigenvalue weighted by atomic mass is 16.4. The first-order valence-electron chi connectivity index (χ1n) is 10.8. The van der Waals surface area contributed by atoms with E-state index in [9.17, 15) is 5.11 Å². The lowest BCUT2D eigenvalue weighted by molar-refractivity contribution is 0.276. The Morgan fingerprint density at radius 2 is 1.94 bits per heavy atom. The molecule has 5 rings (SSSR count). The molecule has 0 radical (unpaired) electrons. The molecule has 0 amide bonds. The third-order valence-electron chi connectivity index (χ3n) is 5.28. The molecule has 4 heterocycles. The van der Waals surface area contributed by atoms with Crippen molar-refractivity contribution in [1.82, 2.24) is 34.9 Å². The van der Waals surface area contributed by atoms with Crippen LogP contribution in [0.3, 0.4) is 0 Å². The van der Waals surface area contributed by atoms with Gasteiger partial charge in [0.15, 0.2) is 0 Å². The van der Waals surface area contributed by atoms with Gasteiger partial charge in [-0.3, -0.25) is 4.68 Å². The van der Waals surface area contributed by atoms with E-state index in [1.165, 1.54) is 6.39 Å². The minimum atomic E-state index is -0.402. The highest BCUT2D eigenvalue weighted by molar-refractivity contribution is 5.81.